The number of hydrogen-bond donors (Lipinski definition) is 0. The zero-order valence-corrected chi connectivity index (χ0v) is 7.46. The van der Waals surface area contributed by atoms with E-state index in [-0.39, 0.29) is 19.5 Å². The van der Waals surface area contributed by atoms with Gasteiger partial charge in [0, 0.05) is 0 Å². The predicted molar refractivity (Wildman–Crippen MR) is 19.2 cm³/mol. The van der Waals surface area contributed by atoms with Crippen LogP contribution in [0.15, 0.2) is 12.2 Å². The second kappa shape index (κ2) is 5.44. The van der Waals surface area contributed by atoms with Gasteiger partial charge in [-0.1, -0.05) is 0 Å². The summed E-state index contributed by atoms with van der Waals surface area (Å²) in [6, 6.07) is 0. The van der Waals surface area contributed by atoms with E-state index in [1.54, 1.807) is 0 Å². The van der Waals surface area contributed by atoms with Crippen molar-refractivity contribution in [3.63, 3.8) is 0 Å². The minimum atomic E-state index is -1.55. The molecule has 0 atom stereocenters. The van der Waals surface area contributed by atoms with Crippen LogP contribution < -0.4 is 10.2 Å². The van der Waals surface area contributed by atoms with Gasteiger partial charge in [0.2, 0.25) is 0 Å². The molecule has 0 unspecified atom stereocenters. The maximum absolute atomic E-state index is 9.41. The van der Waals surface area contributed by atoms with E-state index in [4.69, 9.17) is 0 Å². The van der Waals surface area contributed by atoms with E-state index in [1.807, 2.05) is 0 Å². The summed E-state index contributed by atoms with van der Waals surface area (Å²) in [6.07, 6.45) is 0.769. The van der Waals surface area contributed by atoms with Gasteiger partial charge < -0.3 is 19.8 Å². The summed E-state index contributed by atoms with van der Waals surface area (Å²) < 4.78 is 0. The zero-order valence-electron chi connectivity index (χ0n) is 4.49. The molecule has 0 saturated heterocycles. The summed E-state index contributed by atoms with van der Waals surface area (Å²) in [4.78, 5) is 18.8. The summed E-state index contributed by atoms with van der Waals surface area (Å²) in [6.45, 7) is 0. The van der Waals surface area contributed by atoms with Gasteiger partial charge in [-0.05, 0) is 12.2 Å². The largest absolute Gasteiger partial charge is 2.00 e. The van der Waals surface area contributed by atoms with Gasteiger partial charge in [-0.3, -0.25) is 0 Å². The molecule has 0 N–H and O–H groups in total. The first-order valence-corrected chi connectivity index (χ1v) is 1.73. The Morgan fingerprint density at radius 1 is 1.00 bits per heavy atom. The minimum Gasteiger partial charge on any atom is -0.545 e. The summed E-state index contributed by atoms with van der Waals surface area (Å²) in [5, 5.41) is 18.8. The number of hydrogen-bond acceptors (Lipinski definition) is 4. The molecule has 0 aromatic heterocycles. The van der Waals surface area contributed by atoms with E-state index in [1.165, 1.54) is 0 Å². The van der Waals surface area contributed by atoms with Crippen molar-refractivity contribution in [3.05, 3.63) is 12.2 Å². The first kappa shape index (κ1) is 11.1. The van der Waals surface area contributed by atoms with E-state index >= 15 is 0 Å². The fourth-order valence-electron chi connectivity index (χ4n) is 0.136. The van der Waals surface area contributed by atoms with Crippen molar-refractivity contribution in [1.29, 1.82) is 0 Å². The van der Waals surface area contributed by atoms with Crippen LogP contribution in [-0.2, 0) is 29.1 Å². The van der Waals surface area contributed by atoms with E-state index in [2.05, 4.69) is 0 Å². The second-order valence-corrected chi connectivity index (χ2v) is 0.971. The average molecular weight is 179 g/mol. The molecule has 0 radical (unpaired) electrons. The third kappa shape index (κ3) is 11.1. The van der Waals surface area contributed by atoms with Crippen LogP contribution in [0.2, 0.25) is 0 Å². The first-order valence-electron chi connectivity index (χ1n) is 1.73. The van der Waals surface area contributed by atoms with E-state index in [0.717, 1.165) is 0 Å². The van der Waals surface area contributed by atoms with Crippen LogP contribution in [0.25, 0.3) is 0 Å². The Hall–Kier alpha value is -0.697. The van der Waals surface area contributed by atoms with Gasteiger partial charge >= 0.3 is 19.5 Å². The Morgan fingerprint density at radius 2 is 1.22 bits per heavy atom. The van der Waals surface area contributed by atoms with Crippen molar-refractivity contribution in [3.8, 4) is 0 Å². The van der Waals surface area contributed by atoms with Crippen LogP contribution in [0.3, 0.4) is 0 Å². The number of carbonyl (C=O) groups excluding carboxylic acids is 2. The molecule has 0 rings (SSSR count). The molecule has 44 valence electrons. The Morgan fingerprint density at radius 3 is 1.33 bits per heavy atom. The summed E-state index contributed by atoms with van der Waals surface area (Å²) in [5.41, 5.74) is 0. The van der Waals surface area contributed by atoms with Crippen LogP contribution in [0.5, 0.6) is 0 Å². The summed E-state index contributed by atoms with van der Waals surface area (Å²) in [5.74, 6) is -3.09. The molecular weight excluding hydrogens is 177 g/mol. The Labute approximate surface area is 63.9 Å². The fraction of sp³-hybridized carbons (Fsp3) is 0. The van der Waals surface area contributed by atoms with Gasteiger partial charge in [-0.2, -0.15) is 0 Å². The Balaban J connectivity index is 0. The number of rotatable bonds is 2. The molecule has 0 spiro atoms. The van der Waals surface area contributed by atoms with Crippen molar-refractivity contribution in [2.45, 2.75) is 0 Å². The van der Waals surface area contributed by atoms with E-state index in [9.17, 15) is 19.8 Å². The average Bonchev–Trinajstić information content (AvgIpc) is 1.61. The predicted octanol–water partition coefficient (Wildman–Crippen LogP) is -2.96. The zero-order chi connectivity index (χ0) is 6.57. The molecule has 0 aliphatic carbocycles. The SMILES string of the molecule is O=C([O-])C=CC(=O)[O-].[Zn+2]. The molecule has 0 amide bonds. The van der Waals surface area contributed by atoms with Gasteiger partial charge in [0.25, 0.3) is 0 Å². The number of carboxylic acids is 2. The molecule has 0 aromatic rings. The second-order valence-electron chi connectivity index (χ2n) is 0.971. The maximum Gasteiger partial charge on any atom is 2.00 e. The maximum atomic E-state index is 9.41. The molecular formula is C4H2O4Zn. The number of carboxylic acid groups (broad SMARTS) is 2. The van der Waals surface area contributed by atoms with E-state index < -0.39 is 11.9 Å². The smallest absolute Gasteiger partial charge is 0.545 e. The van der Waals surface area contributed by atoms with Crippen molar-refractivity contribution >= 4 is 11.9 Å². The Kier molecular flexibility index (Phi) is 6.74. The van der Waals surface area contributed by atoms with Gasteiger partial charge in [0.1, 0.15) is 0 Å². The molecule has 0 aliphatic heterocycles. The van der Waals surface area contributed by atoms with Crippen molar-refractivity contribution < 1.29 is 39.3 Å². The normalized spacial score (nSPS) is 8.44. The van der Waals surface area contributed by atoms with Crippen LogP contribution in [-0.4, -0.2) is 11.9 Å². The van der Waals surface area contributed by atoms with Crippen LogP contribution >= 0.6 is 0 Å². The minimum absolute atomic E-state index is 0. The summed E-state index contributed by atoms with van der Waals surface area (Å²) >= 11 is 0. The number of aliphatic carboxylic acids is 2. The van der Waals surface area contributed by atoms with Crippen LogP contribution in [0, 0.1) is 0 Å². The fourth-order valence-corrected chi connectivity index (χ4v) is 0.136. The van der Waals surface area contributed by atoms with Crippen molar-refractivity contribution in [2.24, 2.45) is 0 Å². The van der Waals surface area contributed by atoms with Crippen LogP contribution in [0.1, 0.15) is 0 Å². The van der Waals surface area contributed by atoms with Crippen LogP contribution in [0.4, 0.5) is 0 Å². The quantitative estimate of drug-likeness (QED) is 0.335. The molecule has 4 nitrogen and oxygen atoms in total. The molecule has 0 heterocycles. The van der Waals surface area contributed by atoms with Crippen molar-refractivity contribution in [1.82, 2.24) is 0 Å². The molecule has 9 heavy (non-hydrogen) atoms. The monoisotopic (exact) mass is 178 g/mol. The van der Waals surface area contributed by atoms with Gasteiger partial charge in [0.15, 0.2) is 0 Å². The van der Waals surface area contributed by atoms with Gasteiger partial charge in [-0.15, -0.1) is 0 Å². The molecule has 0 saturated carbocycles. The van der Waals surface area contributed by atoms with Gasteiger partial charge in [-0.25, -0.2) is 0 Å². The summed E-state index contributed by atoms with van der Waals surface area (Å²) in [7, 11) is 0. The molecule has 0 aliphatic rings. The van der Waals surface area contributed by atoms with Gasteiger partial charge in [0.05, 0.1) is 11.9 Å². The standard InChI is InChI=1S/C4H4O4.Zn/c5-3(6)1-2-4(7)8;/h1-2H,(H,5,6)(H,7,8);/q;+2/p-2. The molecule has 0 bridgehead atoms. The molecule has 5 heteroatoms. The molecule has 0 fully saturated rings. The van der Waals surface area contributed by atoms with E-state index in [0.29, 0.717) is 12.2 Å². The van der Waals surface area contributed by atoms with Crippen molar-refractivity contribution in [2.75, 3.05) is 0 Å². The Bertz CT molecular complexity index is 124. The topological polar surface area (TPSA) is 80.3 Å². The number of carbonyl (C=O) groups is 2. The first-order chi connectivity index (χ1) is 3.63. The third-order valence-corrected chi connectivity index (χ3v) is 0.355. The third-order valence-electron chi connectivity index (χ3n) is 0.355. The molecule has 0 aromatic carbocycles.